The van der Waals surface area contributed by atoms with E-state index in [0.29, 0.717) is 25.9 Å². The van der Waals surface area contributed by atoms with E-state index in [-0.39, 0.29) is 12.0 Å². The number of amides is 2. The van der Waals surface area contributed by atoms with Crippen molar-refractivity contribution in [3.8, 4) is 0 Å². The van der Waals surface area contributed by atoms with E-state index in [9.17, 15) is 9.59 Å². The maximum absolute atomic E-state index is 11.8. The molecule has 0 atom stereocenters. The van der Waals surface area contributed by atoms with Gasteiger partial charge in [0, 0.05) is 38.8 Å². The van der Waals surface area contributed by atoms with Crippen LogP contribution in [-0.4, -0.2) is 47.4 Å². The van der Waals surface area contributed by atoms with Crippen molar-refractivity contribution in [2.45, 2.75) is 25.8 Å². The largest absolute Gasteiger partial charge is 0.469 e. The standard InChI is InChI=1S/C13H22N4O3/c1-16(9-11-8-15-17(2)10-11)13(19)14-7-5-4-6-12(18)20-3/h8,10H,4-7,9H2,1-3H3,(H,14,19). The molecule has 0 aliphatic carbocycles. The molecule has 0 aliphatic heterocycles. The topological polar surface area (TPSA) is 76.5 Å². The minimum absolute atomic E-state index is 0.132. The number of hydrogen-bond donors (Lipinski definition) is 1. The quantitative estimate of drug-likeness (QED) is 0.595. The zero-order chi connectivity index (χ0) is 15.0. The summed E-state index contributed by atoms with van der Waals surface area (Å²) < 4.78 is 6.24. The summed E-state index contributed by atoms with van der Waals surface area (Å²) in [6.07, 6.45) is 5.46. The average Bonchev–Trinajstić information content (AvgIpc) is 2.83. The van der Waals surface area contributed by atoms with Crippen molar-refractivity contribution in [3.63, 3.8) is 0 Å². The Labute approximate surface area is 118 Å². The fourth-order valence-corrected chi connectivity index (χ4v) is 1.73. The molecular formula is C13H22N4O3. The van der Waals surface area contributed by atoms with Crippen LogP contribution >= 0.6 is 0 Å². The van der Waals surface area contributed by atoms with Gasteiger partial charge in [0.05, 0.1) is 19.9 Å². The van der Waals surface area contributed by atoms with Crippen molar-refractivity contribution in [2.24, 2.45) is 7.05 Å². The molecule has 0 saturated heterocycles. The van der Waals surface area contributed by atoms with E-state index < -0.39 is 0 Å². The highest BCUT2D eigenvalue weighted by Gasteiger charge is 2.09. The first-order valence-corrected chi connectivity index (χ1v) is 6.56. The summed E-state index contributed by atoms with van der Waals surface area (Å²) in [5.41, 5.74) is 0.982. The third-order valence-corrected chi connectivity index (χ3v) is 2.84. The summed E-state index contributed by atoms with van der Waals surface area (Å²) in [6.45, 7) is 1.06. The third-order valence-electron chi connectivity index (χ3n) is 2.84. The van der Waals surface area contributed by atoms with Crippen LogP contribution in [0.3, 0.4) is 0 Å². The van der Waals surface area contributed by atoms with Crippen LogP contribution in [0.4, 0.5) is 4.79 Å². The van der Waals surface area contributed by atoms with Gasteiger partial charge in [0.2, 0.25) is 0 Å². The lowest BCUT2D eigenvalue weighted by atomic mass is 10.2. The molecule has 0 fully saturated rings. The monoisotopic (exact) mass is 282 g/mol. The summed E-state index contributed by atoms with van der Waals surface area (Å²) in [5.74, 6) is -0.218. The average molecular weight is 282 g/mol. The van der Waals surface area contributed by atoms with E-state index in [1.54, 1.807) is 22.8 Å². The number of ether oxygens (including phenoxy) is 1. The number of unbranched alkanes of at least 4 members (excludes halogenated alkanes) is 1. The molecule has 0 bridgehead atoms. The maximum atomic E-state index is 11.8. The predicted octanol–water partition coefficient (Wildman–Crippen LogP) is 0.905. The Balaban J connectivity index is 2.17. The van der Waals surface area contributed by atoms with Gasteiger partial charge in [-0.05, 0) is 12.8 Å². The molecule has 7 heteroatoms. The van der Waals surface area contributed by atoms with Crippen LogP contribution < -0.4 is 5.32 Å². The summed E-state index contributed by atoms with van der Waals surface area (Å²) >= 11 is 0. The van der Waals surface area contributed by atoms with Gasteiger partial charge >= 0.3 is 12.0 Å². The van der Waals surface area contributed by atoms with Crippen LogP contribution in [0.25, 0.3) is 0 Å². The van der Waals surface area contributed by atoms with Crippen molar-refractivity contribution in [1.29, 1.82) is 0 Å². The second-order valence-electron chi connectivity index (χ2n) is 4.64. The van der Waals surface area contributed by atoms with E-state index in [1.807, 2.05) is 13.2 Å². The molecule has 1 N–H and O–H groups in total. The Kier molecular flexibility index (Phi) is 6.55. The van der Waals surface area contributed by atoms with Gasteiger partial charge in [-0.1, -0.05) is 0 Å². The van der Waals surface area contributed by atoms with E-state index in [2.05, 4.69) is 15.2 Å². The zero-order valence-electron chi connectivity index (χ0n) is 12.3. The van der Waals surface area contributed by atoms with E-state index in [0.717, 1.165) is 12.0 Å². The number of aryl methyl sites for hydroxylation is 1. The highest BCUT2D eigenvalue weighted by atomic mass is 16.5. The second kappa shape index (κ2) is 8.19. The Bertz CT molecular complexity index is 445. The minimum atomic E-state index is -0.218. The molecule has 0 aromatic carbocycles. The molecule has 0 saturated carbocycles. The first kappa shape index (κ1) is 16.0. The molecule has 1 rings (SSSR count). The highest BCUT2D eigenvalue weighted by molar-refractivity contribution is 5.73. The van der Waals surface area contributed by atoms with Gasteiger partial charge in [0.1, 0.15) is 0 Å². The molecule has 20 heavy (non-hydrogen) atoms. The lowest BCUT2D eigenvalue weighted by Gasteiger charge is -2.17. The number of rotatable bonds is 7. The fourth-order valence-electron chi connectivity index (χ4n) is 1.73. The molecule has 1 aromatic heterocycles. The number of urea groups is 1. The van der Waals surface area contributed by atoms with Crippen molar-refractivity contribution < 1.29 is 14.3 Å². The number of hydrogen-bond acceptors (Lipinski definition) is 4. The molecule has 2 amide bonds. The molecule has 0 radical (unpaired) electrons. The molecule has 0 aliphatic rings. The van der Waals surface area contributed by atoms with Gasteiger partial charge in [-0.25, -0.2) is 4.79 Å². The van der Waals surface area contributed by atoms with Gasteiger partial charge < -0.3 is 15.0 Å². The Morgan fingerprint density at radius 1 is 1.45 bits per heavy atom. The van der Waals surface area contributed by atoms with Crippen LogP contribution in [0.2, 0.25) is 0 Å². The molecule has 7 nitrogen and oxygen atoms in total. The lowest BCUT2D eigenvalue weighted by molar-refractivity contribution is -0.140. The summed E-state index contributed by atoms with van der Waals surface area (Å²) in [7, 11) is 4.94. The fraction of sp³-hybridized carbons (Fsp3) is 0.615. The molecular weight excluding hydrogens is 260 g/mol. The Hall–Kier alpha value is -2.05. The normalized spacial score (nSPS) is 10.2. The molecule has 1 aromatic rings. The number of carbonyl (C=O) groups excluding carboxylic acids is 2. The van der Waals surface area contributed by atoms with Gasteiger partial charge in [0.15, 0.2) is 0 Å². The summed E-state index contributed by atoms with van der Waals surface area (Å²) in [6, 6.07) is -0.132. The van der Waals surface area contributed by atoms with E-state index in [4.69, 9.17) is 0 Å². The molecule has 112 valence electrons. The SMILES string of the molecule is COC(=O)CCCCNC(=O)N(C)Cc1cnn(C)c1. The smallest absolute Gasteiger partial charge is 0.317 e. The van der Waals surface area contributed by atoms with Gasteiger partial charge in [-0.3, -0.25) is 9.48 Å². The Morgan fingerprint density at radius 2 is 2.20 bits per heavy atom. The minimum Gasteiger partial charge on any atom is -0.469 e. The molecule has 0 spiro atoms. The van der Waals surface area contributed by atoms with Gasteiger partial charge in [0.25, 0.3) is 0 Å². The predicted molar refractivity (Wildman–Crippen MR) is 73.9 cm³/mol. The van der Waals surface area contributed by atoms with Crippen LogP contribution in [0, 0.1) is 0 Å². The van der Waals surface area contributed by atoms with Gasteiger partial charge in [-0.2, -0.15) is 5.10 Å². The summed E-state index contributed by atoms with van der Waals surface area (Å²) in [5, 5.41) is 6.86. The van der Waals surface area contributed by atoms with Crippen LogP contribution in [0.1, 0.15) is 24.8 Å². The third kappa shape index (κ3) is 5.73. The van der Waals surface area contributed by atoms with Crippen LogP contribution in [0.5, 0.6) is 0 Å². The van der Waals surface area contributed by atoms with Crippen LogP contribution in [0.15, 0.2) is 12.4 Å². The van der Waals surface area contributed by atoms with Gasteiger partial charge in [-0.15, -0.1) is 0 Å². The van der Waals surface area contributed by atoms with Crippen LogP contribution in [-0.2, 0) is 23.1 Å². The lowest BCUT2D eigenvalue weighted by Crippen LogP contribution is -2.37. The number of nitrogens with zero attached hydrogens (tertiary/aromatic N) is 3. The van der Waals surface area contributed by atoms with Crippen molar-refractivity contribution in [3.05, 3.63) is 18.0 Å². The number of carbonyl (C=O) groups is 2. The zero-order valence-corrected chi connectivity index (χ0v) is 12.3. The maximum Gasteiger partial charge on any atom is 0.317 e. The number of aromatic nitrogens is 2. The highest BCUT2D eigenvalue weighted by Crippen LogP contribution is 2.01. The molecule has 0 unspecified atom stereocenters. The van der Waals surface area contributed by atoms with Crippen molar-refractivity contribution in [2.75, 3.05) is 20.7 Å². The van der Waals surface area contributed by atoms with Crippen molar-refractivity contribution in [1.82, 2.24) is 20.0 Å². The molecule has 1 heterocycles. The summed E-state index contributed by atoms with van der Waals surface area (Å²) in [4.78, 5) is 24.3. The van der Waals surface area contributed by atoms with E-state index in [1.165, 1.54) is 7.11 Å². The number of nitrogens with one attached hydrogen (secondary N) is 1. The van der Waals surface area contributed by atoms with E-state index >= 15 is 0 Å². The van der Waals surface area contributed by atoms with Crippen molar-refractivity contribution >= 4 is 12.0 Å². The number of esters is 1. The first-order chi connectivity index (χ1) is 9.52. The first-order valence-electron chi connectivity index (χ1n) is 6.56. The Morgan fingerprint density at radius 3 is 2.80 bits per heavy atom. The second-order valence-corrected chi connectivity index (χ2v) is 4.64. The number of methoxy groups -OCH3 is 1.